The second-order valence-electron chi connectivity index (χ2n) is 15.7. The van der Waals surface area contributed by atoms with Crippen molar-refractivity contribution in [2.24, 2.45) is 0 Å². The molecule has 72 heavy (non-hydrogen) atoms. The Hall–Kier alpha value is -11.4. The van der Waals surface area contributed by atoms with Gasteiger partial charge >= 0.3 is 5.82 Å². The van der Waals surface area contributed by atoms with E-state index in [0.29, 0.717) is 36.3 Å². The maximum absolute atomic E-state index is 9.92. The molecule has 0 aliphatic heterocycles. The number of benzene rings is 7. The Morgan fingerprint density at radius 1 is 0.347 bits per heavy atom. The standard InChI is InChI=1S/C60H36N12/c1-65-57(38-63)55(36-61)46-21-27-52(28-22-46)70(49-15-9-6-10-16-49)40-43-33-44(41-71(50-17-11-7-12-18-50)53-29-23-47(24-30-53)56(37-62)60(68-4)69-5)35-45(34-43)42-72(51-19-13-8-14-20-51)54-31-25-48(26-32-54)59(67-3)58(39-64)66-2/h6-35H,40-42H2/b57-55-,59-58-. The molecule has 0 amide bonds. The highest BCUT2D eigenvalue weighted by Gasteiger charge is 2.21. The Labute approximate surface area is 418 Å². The molecule has 0 aromatic heterocycles. The maximum Gasteiger partial charge on any atom is 0.537 e. The Morgan fingerprint density at radius 2 is 0.667 bits per heavy atom. The molecule has 0 radical (unpaired) electrons. The van der Waals surface area contributed by atoms with Gasteiger partial charge in [0.25, 0.3) is 11.4 Å². The summed E-state index contributed by atoms with van der Waals surface area (Å²) < 4.78 is 0. The molecule has 7 aromatic carbocycles. The van der Waals surface area contributed by atoms with Crippen LogP contribution in [0.5, 0.6) is 0 Å². The number of nitrogens with zero attached hydrogens (tertiary/aromatic N) is 12. The Bertz CT molecular complexity index is 3180. The smallest absolute Gasteiger partial charge is 0.337 e. The summed E-state index contributed by atoms with van der Waals surface area (Å²) in [6.45, 7) is 38.7. The number of allylic oxidation sites excluding steroid dienone is 4. The fraction of sp³-hybridized carbons (Fsp3) is 0.0500. The predicted octanol–water partition coefficient (Wildman–Crippen LogP) is 14.4. The summed E-state index contributed by atoms with van der Waals surface area (Å²) in [5.41, 5.74) is 8.68. The van der Waals surface area contributed by atoms with Crippen LogP contribution >= 0.6 is 0 Å². The van der Waals surface area contributed by atoms with Crippen LogP contribution in [0.25, 0.3) is 41.1 Å². The van der Waals surface area contributed by atoms with Crippen LogP contribution < -0.4 is 14.7 Å². The summed E-state index contributed by atoms with van der Waals surface area (Å²) in [7, 11) is 0. The van der Waals surface area contributed by atoms with Crippen LogP contribution in [0.15, 0.2) is 199 Å². The van der Waals surface area contributed by atoms with E-state index in [2.05, 4.69) is 57.1 Å². The summed E-state index contributed by atoms with van der Waals surface area (Å²) in [4.78, 5) is 23.0. The third-order valence-corrected chi connectivity index (χ3v) is 11.4. The van der Waals surface area contributed by atoms with Crippen LogP contribution in [0, 0.1) is 78.2 Å². The van der Waals surface area contributed by atoms with Gasteiger partial charge in [-0.15, -0.1) is 0 Å². The Morgan fingerprint density at radius 3 is 0.958 bits per heavy atom. The first-order valence-electron chi connectivity index (χ1n) is 21.9. The van der Waals surface area contributed by atoms with Crippen molar-refractivity contribution in [1.82, 2.24) is 0 Å². The van der Waals surface area contributed by atoms with Crippen molar-refractivity contribution in [2.75, 3.05) is 14.7 Å². The highest BCUT2D eigenvalue weighted by Crippen LogP contribution is 2.35. The summed E-state index contributed by atoms with van der Waals surface area (Å²) in [6.07, 6.45) is 0. The third-order valence-electron chi connectivity index (χ3n) is 11.4. The topological polar surface area (TPSA) is 127 Å². The van der Waals surface area contributed by atoms with E-state index in [-0.39, 0.29) is 34.1 Å². The van der Waals surface area contributed by atoms with Gasteiger partial charge in [0.15, 0.2) is 5.57 Å². The molecule has 0 saturated heterocycles. The number of rotatable bonds is 15. The zero-order valence-electron chi connectivity index (χ0n) is 38.3. The molecule has 0 aliphatic rings. The lowest BCUT2D eigenvalue weighted by molar-refractivity contribution is 0.917. The van der Waals surface area contributed by atoms with E-state index in [1.165, 1.54) is 0 Å². The average Bonchev–Trinajstić information content (AvgIpc) is 3.44. The largest absolute Gasteiger partial charge is 0.537 e. The predicted molar refractivity (Wildman–Crippen MR) is 279 cm³/mol. The molecule has 0 unspecified atom stereocenters. The zero-order chi connectivity index (χ0) is 50.8. The summed E-state index contributed by atoms with van der Waals surface area (Å²) in [6, 6.07) is 65.4. The quantitative estimate of drug-likeness (QED) is 0.0740. The van der Waals surface area contributed by atoms with Crippen LogP contribution in [-0.4, -0.2) is 0 Å². The first-order valence-corrected chi connectivity index (χ1v) is 21.9. The van der Waals surface area contributed by atoms with Crippen molar-refractivity contribution in [3.8, 4) is 24.3 Å². The first kappa shape index (κ1) is 48.5. The van der Waals surface area contributed by atoms with Gasteiger partial charge < -0.3 is 14.7 Å². The molecule has 0 spiro atoms. The number of anilines is 6. The SMILES string of the molecule is [C-]#[N+]C([N+]#[C-])=C(C#N)c1ccc(N(Cc2cc(CN(c3ccccc3)c3ccc(/C([N+]#[C-])=C(\C#N)[N+]#[C-])cc3)cc(CN(c3ccccc3)c3ccc(/C(C#N)=C(/C#N)[N+]#[C-])cc3)c2)c2ccccc2)cc1. The molecule has 336 valence electrons. The fourth-order valence-corrected chi connectivity index (χ4v) is 8.05. The van der Waals surface area contributed by atoms with Crippen LogP contribution in [0.1, 0.15) is 33.4 Å². The van der Waals surface area contributed by atoms with Crippen LogP contribution in [0.3, 0.4) is 0 Å². The van der Waals surface area contributed by atoms with Crippen LogP contribution in [0.4, 0.5) is 34.1 Å². The van der Waals surface area contributed by atoms with Gasteiger partial charge in [0, 0.05) is 53.8 Å². The van der Waals surface area contributed by atoms with E-state index in [1.54, 1.807) is 36.4 Å². The maximum atomic E-state index is 9.92. The van der Waals surface area contributed by atoms with Crippen LogP contribution in [0.2, 0.25) is 0 Å². The van der Waals surface area contributed by atoms with E-state index < -0.39 is 0 Å². The molecule has 0 saturated carbocycles. The summed E-state index contributed by atoms with van der Waals surface area (Å²) in [5.74, 6) is -0.300. The number of nitriles is 4. The highest BCUT2D eigenvalue weighted by molar-refractivity contribution is 5.84. The van der Waals surface area contributed by atoms with Gasteiger partial charge in [-0.1, -0.05) is 109 Å². The lowest BCUT2D eigenvalue weighted by Crippen LogP contribution is -2.20. The van der Waals surface area contributed by atoms with Crippen molar-refractivity contribution < 1.29 is 0 Å². The van der Waals surface area contributed by atoms with Gasteiger partial charge in [-0.25, -0.2) is 25.1 Å². The van der Waals surface area contributed by atoms with Crippen molar-refractivity contribution in [1.29, 1.82) is 21.0 Å². The van der Waals surface area contributed by atoms with E-state index in [9.17, 15) is 21.0 Å². The van der Waals surface area contributed by atoms with Crippen molar-refractivity contribution in [3.63, 3.8) is 0 Å². The monoisotopic (exact) mass is 924 g/mol. The van der Waals surface area contributed by atoms with Crippen molar-refractivity contribution in [2.45, 2.75) is 19.6 Å². The first-order chi connectivity index (χ1) is 35.3. The third kappa shape index (κ3) is 11.0. The average molecular weight is 925 g/mol. The summed E-state index contributed by atoms with van der Waals surface area (Å²) >= 11 is 0. The molecular weight excluding hydrogens is 889 g/mol. The minimum Gasteiger partial charge on any atom is -0.337 e. The van der Waals surface area contributed by atoms with Gasteiger partial charge in [-0.3, -0.25) is 0 Å². The number of hydrogen-bond donors (Lipinski definition) is 0. The normalized spacial score (nSPS) is 10.7. The number of para-hydroxylation sites is 3. The molecule has 7 aromatic rings. The zero-order valence-corrected chi connectivity index (χ0v) is 38.3. The van der Waals surface area contributed by atoms with Gasteiger partial charge in [0.05, 0.1) is 49.6 Å². The molecule has 0 aliphatic carbocycles. The molecule has 0 heterocycles. The van der Waals surface area contributed by atoms with E-state index in [0.717, 1.165) is 50.8 Å². The summed E-state index contributed by atoms with van der Waals surface area (Å²) in [5, 5.41) is 39.0. The van der Waals surface area contributed by atoms with E-state index in [4.69, 9.17) is 32.9 Å². The molecule has 0 bridgehead atoms. The van der Waals surface area contributed by atoms with E-state index in [1.807, 2.05) is 152 Å². The molecular formula is C60H36N12. The van der Waals surface area contributed by atoms with Gasteiger partial charge in [0.2, 0.25) is 5.70 Å². The lowest BCUT2D eigenvalue weighted by atomic mass is 10.0. The van der Waals surface area contributed by atoms with Gasteiger partial charge in [-0.05, 0) is 106 Å². The molecule has 0 fully saturated rings. The van der Waals surface area contributed by atoms with Crippen molar-refractivity contribution in [3.05, 3.63) is 290 Å². The molecule has 12 heteroatoms. The molecule has 12 nitrogen and oxygen atoms in total. The Balaban J connectivity index is 1.38. The van der Waals surface area contributed by atoms with Gasteiger partial charge in [0.1, 0.15) is 13.1 Å². The minimum absolute atomic E-state index is 0.00113. The fourth-order valence-electron chi connectivity index (χ4n) is 8.05. The molecule has 7 rings (SSSR count). The van der Waals surface area contributed by atoms with Gasteiger partial charge in [-0.2, -0.15) is 20.2 Å². The number of hydrogen-bond acceptors (Lipinski definition) is 7. The lowest BCUT2D eigenvalue weighted by Gasteiger charge is -2.29. The second-order valence-corrected chi connectivity index (χ2v) is 15.7. The molecule has 0 atom stereocenters. The van der Waals surface area contributed by atoms with E-state index >= 15 is 0 Å². The van der Waals surface area contributed by atoms with Crippen molar-refractivity contribution >= 4 is 51.0 Å². The highest BCUT2D eigenvalue weighted by atomic mass is 15.1. The Kier molecular flexibility index (Phi) is 15.7. The molecule has 0 N–H and O–H groups in total. The minimum atomic E-state index is -0.300. The second kappa shape index (κ2) is 23.3. The van der Waals surface area contributed by atoms with Crippen LogP contribution in [-0.2, 0) is 19.6 Å².